The maximum atomic E-state index is 12.9. The number of fused-ring (bicyclic) bond motifs is 1. The molecule has 0 bridgehead atoms. The molecule has 5 aromatic rings. The van der Waals surface area contributed by atoms with Crippen LogP contribution < -0.4 is 5.32 Å². The van der Waals surface area contributed by atoms with Gasteiger partial charge in [0.1, 0.15) is 5.56 Å². The maximum absolute atomic E-state index is 12.9. The molecule has 0 fully saturated rings. The molecule has 0 spiro atoms. The van der Waals surface area contributed by atoms with E-state index >= 15 is 0 Å². The van der Waals surface area contributed by atoms with Crippen molar-refractivity contribution in [3.63, 3.8) is 0 Å². The summed E-state index contributed by atoms with van der Waals surface area (Å²) in [6.45, 7) is 0. The SMILES string of the molecule is O=C(Nc1ncc(Cc2ccccc2)s1)c1cnn2c(-c3ccccc3)ccnc12. The molecule has 2 aromatic carbocycles. The van der Waals surface area contributed by atoms with Crippen LogP contribution in [0.4, 0.5) is 5.13 Å². The summed E-state index contributed by atoms with van der Waals surface area (Å²) in [7, 11) is 0. The topological polar surface area (TPSA) is 72.2 Å². The summed E-state index contributed by atoms with van der Waals surface area (Å²) in [6, 6.07) is 22.0. The summed E-state index contributed by atoms with van der Waals surface area (Å²) in [5.41, 5.74) is 4.01. The number of hydrogen-bond acceptors (Lipinski definition) is 5. The molecular formula is C23H17N5OS. The van der Waals surface area contributed by atoms with Crippen LogP contribution in [-0.4, -0.2) is 25.5 Å². The third-order valence-corrected chi connectivity index (χ3v) is 5.62. The van der Waals surface area contributed by atoms with Gasteiger partial charge in [0.25, 0.3) is 5.91 Å². The highest BCUT2D eigenvalue weighted by molar-refractivity contribution is 7.15. The van der Waals surface area contributed by atoms with Gasteiger partial charge >= 0.3 is 0 Å². The molecule has 0 aliphatic rings. The van der Waals surface area contributed by atoms with Crippen LogP contribution in [0.15, 0.2) is 85.3 Å². The van der Waals surface area contributed by atoms with Crippen LogP contribution in [0, 0.1) is 0 Å². The highest BCUT2D eigenvalue weighted by Gasteiger charge is 2.17. The summed E-state index contributed by atoms with van der Waals surface area (Å²) in [5, 5.41) is 7.83. The number of nitrogens with zero attached hydrogens (tertiary/aromatic N) is 4. The van der Waals surface area contributed by atoms with Crippen LogP contribution in [0.3, 0.4) is 0 Å². The van der Waals surface area contributed by atoms with Crippen LogP contribution >= 0.6 is 11.3 Å². The number of hydrogen-bond donors (Lipinski definition) is 1. The van der Waals surface area contributed by atoms with Gasteiger partial charge in [0.05, 0.1) is 11.9 Å². The summed E-state index contributed by atoms with van der Waals surface area (Å²) < 4.78 is 1.69. The van der Waals surface area contributed by atoms with Crippen molar-refractivity contribution in [3.05, 3.63) is 101 Å². The van der Waals surface area contributed by atoms with Crippen LogP contribution in [-0.2, 0) is 6.42 Å². The summed E-state index contributed by atoms with van der Waals surface area (Å²) in [4.78, 5) is 22.7. The van der Waals surface area contributed by atoms with Gasteiger partial charge < -0.3 is 0 Å². The van der Waals surface area contributed by atoms with Crippen molar-refractivity contribution in [1.29, 1.82) is 0 Å². The number of benzene rings is 2. The van der Waals surface area contributed by atoms with Crippen molar-refractivity contribution < 1.29 is 4.79 Å². The van der Waals surface area contributed by atoms with Crippen LogP contribution in [0.2, 0.25) is 0 Å². The summed E-state index contributed by atoms with van der Waals surface area (Å²) in [6.07, 6.45) is 5.82. The Hall–Kier alpha value is -3.84. The molecular weight excluding hydrogens is 394 g/mol. The largest absolute Gasteiger partial charge is 0.298 e. The van der Waals surface area contributed by atoms with Crippen molar-refractivity contribution in [2.45, 2.75) is 6.42 Å². The molecule has 0 aliphatic heterocycles. The lowest BCUT2D eigenvalue weighted by Gasteiger charge is -2.05. The van der Waals surface area contributed by atoms with Gasteiger partial charge in [0.2, 0.25) is 0 Å². The molecule has 3 heterocycles. The molecule has 0 radical (unpaired) electrons. The Morgan fingerprint density at radius 3 is 2.50 bits per heavy atom. The van der Waals surface area contributed by atoms with Crippen molar-refractivity contribution >= 4 is 28.0 Å². The van der Waals surface area contributed by atoms with Crippen LogP contribution in [0.1, 0.15) is 20.8 Å². The van der Waals surface area contributed by atoms with Crippen molar-refractivity contribution in [3.8, 4) is 11.3 Å². The minimum atomic E-state index is -0.275. The number of anilines is 1. The van der Waals surface area contributed by atoms with E-state index in [0.717, 1.165) is 22.6 Å². The number of thiazole rings is 1. The molecule has 7 heteroatoms. The normalized spacial score (nSPS) is 10.9. The lowest BCUT2D eigenvalue weighted by Crippen LogP contribution is -2.11. The molecule has 0 aliphatic carbocycles. The first-order chi connectivity index (χ1) is 14.8. The van der Waals surface area contributed by atoms with Gasteiger partial charge in [-0.05, 0) is 11.6 Å². The molecule has 1 N–H and O–H groups in total. The number of aromatic nitrogens is 4. The highest BCUT2D eigenvalue weighted by Crippen LogP contribution is 2.24. The average molecular weight is 411 g/mol. The number of rotatable bonds is 5. The molecule has 0 atom stereocenters. The first-order valence-corrected chi connectivity index (χ1v) is 10.3. The van der Waals surface area contributed by atoms with Crippen LogP contribution in [0.25, 0.3) is 16.9 Å². The monoisotopic (exact) mass is 411 g/mol. The van der Waals surface area contributed by atoms with Gasteiger partial charge in [0.15, 0.2) is 10.8 Å². The van der Waals surface area contributed by atoms with Crippen molar-refractivity contribution in [1.82, 2.24) is 19.6 Å². The van der Waals surface area contributed by atoms with Gasteiger partial charge in [-0.25, -0.2) is 14.5 Å². The smallest absolute Gasteiger partial charge is 0.262 e. The molecule has 0 saturated heterocycles. The number of amides is 1. The predicted octanol–water partition coefficient (Wildman–Crippen LogP) is 4.70. The molecule has 146 valence electrons. The molecule has 1 amide bonds. The maximum Gasteiger partial charge on any atom is 0.262 e. The zero-order chi connectivity index (χ0) is 20.3. The van der Waals surface area contributed by atoms with Gasteiger partial charge in [-0.1, -0.05) is 60.7 Å². The third-order valence-electron chi connectivity index (χ3n) is 4.71. The Balaban J connectivity index is 1.38. The Morgan fingerprint density at radius 1 is 0.933 bits per heavy atom. The second-order valence-electron chi connectivity index (χ2n) is 6.74. The fourth-order valence-electron chi connectivity index (χ4n) is 3.29. The van der Waals surface area contributed by atoms with E-state index in [1.165, 1.54) is 16.9 Å². The number of carbonyl (C=O) groups excluding carboxylic acids is 1. The van der Waals surface area contributed by atoms with Gasteiger partial charge in [-0.3, -0.25) is 10.1 Å². The molecule has 30 heavy (non-hydrogen) atoms. The third kappa shape index (κ3) is 3.58. The van der Waals surface area contributed by atoms with E-state index in [-0.39, 0.29) is 5.91 Å². The van der Waals surface area contributed by atoms with Gasteiger partial charge in [-0.15, -0.1) is 11.3 Å². The number of nitrogens with one attached hydrogen (secondary N) is 1. The standard InChI is InChI=1S/C23H17N5OS/c29-22(27-23-25-14-18(30-23)13-16-7-3-1-4-8-16)19-15-26-28-20(11-12-24-21(19)28)17-9-5-2-6-10-17/h1-12,14-15H,13H2,(H,25,27,29). The lowest BCUT2D eigenvalue weighted by atomic mass is 10.1. The minimum absolute atomic E-state index is 0.275. The van der Waals surface area contributed by atoms with Crippen LogP contribution in [0.5, 0.6) is 0 Å². The van der Waals surface area contributed by atoms with E-state index in [0.29, 0.717) is 16.3 Å². The zero-order valence-corrected chi connectivity index (χ0v) is 16.7. The molecule has 0 saturated carbocycles. The minimum Gasteiger partial charge on any atom is -0.298 e. The number of carbonyl (C=O) groups is 1. The van der Waals surface area contributed by atoms with E-state index in [1.54, 1.807) is 23.1 Å². The Labute approximate surface area is 176 Å². The van der Waals surface area contributed by atoms with Gasteiger partial charge in [0, 0.05) is 29.3 Å². The zero-order valence-electron chi connectivity index (χ0n) is 15.9. The molecule has 5 rings (SSSR count). The molecule has 3 aromatic heterocycles. The molecule has 6 nitrogen and oxygen atoms in total. The van der Waals surface area contributed by atoms with E-state index < -0.39 is 0 Å². The lowest BCUT2D eigenvalue weighted by molar-refractivity contribution is 0.102. The van der Waals surface area contributed by atoms with Crippen molar-refractivity contribution in [2.75, 3.05) is 5.32 Å². The quantitative estimate of drug-likeness (QED) is 0.455. The molecule has 0 unspecified atom stereocenters. The first-order valence-electron chi connectivity index (χ1n) is 9.46. The van der Waals surface area contributed by atoms with E-state index in [4.69, 9.17) is 0 Å². The average Bonchev–Trinajstić information content (AvgIpc) is 3.42. The van der Waals surface area contributed by atoms with E-state index in [1.807, 2.05) is 54.6 Å². The fraction of sp³-hybridized carbons (Fsp3) is 0.0435. The Bertz CT molecular complexity index is 1310. The highest BCUT2D eigenvalue weighted by atomic mass is 32.1. The first kappa shape index (κ1) is 18.2. The second kappa shape index (κ2) is 7.88. The van der Waals surface area contributed by atoms with Gasteiger partial charge in [-0.2, -0.15) is 5.10 Å². The predicted molar refractivity (Wildman–Crippen MR) is 118 cm³/mol. The fourth-order valence-corrected chi connectivity index (χ4v) is 4.13. The Morgan fingerprint density at radius 2 is 1.70 bits per heavy atom. The van der Waals surface area contributed by atoms with Crippen molar-refractivity contribution in [2.24, 2.45) is 0 Å². The summed E-state index contributed by atoms with van der Waals surface area (Å²) in [5.74, 6) is -0.275. The van der Waals surface area contributed by atoms with E-state index in [9.17, 15) is 4.79 Å². The second-order valence-corrected chi connectivity index (χ2v) is 7.85. The summed E-state index contributed by atoms with van der Waals surface area (Å²) >= 11 is 1.47. The van der Waals surface area contributed by atoms with E-state index in [2.05, 4.69) is 32.5 Å². The Kier molecular flexibility index (Phi) is 4.78.